The molecule has 1 saturated heterocycles. The van der Waals surface area contributed by atoms with Crippen LogP contribution in [0.4, 0.5) is 0 Å². The molecule has 26 heavy (non-hydrogen) atoms. The molecule has 2 aromatic rings. The number of benzene rings is 1. The quantitative estimate of drug-likeness (QED) is 0.802. The van der Waals surface area contributed by atoms with Gasteiger partial charge in [-0.05, 0) is 49.6 Å². The number of amides is 1. The minimum atomic E-state index is -0.0255. The fourth-order valence-corrected chi connectivity index (χ4v) is 3.15. The first-order chi connectivity index (χ1) is 11.7. The highest BCUT2D eigenvalue weighted by molar-refractivity contribution is 6.32. The van der Waals surface area contributed by atoms with E-state index in [9.17, 15) is 4.79 Å². The van der Waals surface area contributed by atoms with Crippen molar-refractivity contribution in [3.8, 4) is 11.5 Å². The van der Waals surface area contributed by atoms with Crippen molar-refractivity contribution >= 4 is 42.3 Å². The van der Waals surface area contributed by atoms with Crippen molar-refractivity contribution < 1.29 is 9.53 Å². The zero-order valence-corrected chi connectivity index (χ0v) is 16.5. The molecule has 1 fully saturated rings. The highest BCUT2D eigenvalue weighted by atomic mass is 35.5. The van der Waals surface area contributed by atoms with Gasteiger partial charge in [0, 0.05) is 37.1 Å². The molecule has 1 unspecified atom stereocenters. The molecular formula is C18H22Cl3N3O2. The smallest absolute Gasteiger partial charge is 0.254 e. The number of carbonyl (C=O) groups excluding carboxylic acids is 1. The third kappa shape index (κ3) is 5.24. The summed E-state index contributed by atoms with van der Waals surface area (Å²) in [5, 5.41) is 0.402. The molecule has 1 atom stereocenters. The van der Waals surface area contributed by atoms with Gasteiger partial charge >= 0.3 is 0 Å². The summed E-state index contributed by atoms with van der Waals surface area (Å²) in [6, 6.07) is 8.72. The lowest BCUT2D eigenvalue weighted by Crippen LogP contribution is -2.47. The molecule has 0 saturated carbocycles. The maximum absolute atomic E-state index is 12.8. The number of halogens is 3. The number of pyridine rings is 1. The molecule has 1 amide bonds. The molecular weight excluding hydrogens is 397 g/mol. The summed E-state index contributed by atoms with van der Waals surface area (Å²) in [6.07, 6.45) is 6.37. The summed E-state index contributed by atoms with van der Waals surface area (Å²) in [5.41, 5.74) is 6.36. The van der Waals surface area contributed by atoms with Crippen molar-refractivity contribution in [3.63, 3.8) is 0 Å². The molecule has 1 aliphatic rings. The summed E-state index contributed by atoms with van der Waals surface area (Å²) in [6.45, 7) is 1.23. The summed E-state index contributed by atoms with van der Waals surface area (Å²) in [7, 11) is 0. The van der Waals surface area contributed by atoms with Crippen molar-refractivity contribution in [2.24, 2.45) is 5.73 Å². The lowest BCUT2D eigenvalue weighted by Gasteiger charge is -2.35. The van der Waals surface area contributed by atoms with Gasteiger partial charge < -0.3 is 15.4 Å². The zero-order chi connectivity index (χ0) is 16.9. The highest BCUT2D eigenvalue weighted by Gasteiger charge is 2.26. The van der Waals surface area contributed by atoms with E-state index in [4.69, 9.17) is 22.1 Å². The number of ether oxygens (including phenoxy) is 1. The third-order valence-corrected chi connectivity index (χ3v) is 4.51. The van der Waals surface area contributed by atoms with E-state index in [2.05, 4.69) is 4.98 Å². The maximum Gasteiger partial charge on any atom is 0.254 e. The number of likely N-dealkylation sites (tertiary alicyclic amines) is 1. The Morgan fingerprint density at radius 2 is 1.96 bits per heavy atom. The van der Waals surface area contributed by atoms with Gasteiger partial charge in [-0.25, -0.2) is 0 Å². The predicted octanol–water partition coefficient (Wildman–Crippen LogP) is 4.32. The molecule has 0 aliphatic carbocycles. The monoisotopic (exact) mass is 417 g/mol. The van der Waals surface area contributed by atoms with Crippen LogP contribution in [0.5, 0.6) is 11.5 Å². The van der Waals surface area contributed by atoms with Gasteiger partial charge in [0.05, 0.1) is 5.02 Å². The molecule has 8 heteroatoms. The second-order valence-corrected chi connectivity index (χ2v) is 6.22. The molecule has 0 radical (unpaired) electrons. The van der Waals surface area contributed by atoms with E-state index in [0.717, 1.165) is 25.8 Å². The lowest BCUT2D eigenvalue weighted by molar-refractivity contribution is 0.0623. The van der Waals surface area contributed by atoms with Crippen LogP contribution in [-0.2, 0) is 0 Å². The number of carbonyl (C=O) groups is 1. The molecule has 1 aliphatic heterocycles. The van der Waals surface area contributed by atoms with Crippen LogP contribution in [0, 0.1) is 0 Å². The lowest BCUT2D eigenvalue weighted by atomic mass is 10.0. The summed E-state index contributed by atoms with van der Waals surface area (Å²) in [5.74, 6) is 1.13. The van der Waals surface area contributed by atoms with E-state index in [1.54, 1.807) is 42.7 Å². The zero-order valence-electron chi connectivity index (χ0n) is 14.1. The largest absolute Gasteiger partial charge is 0.456 e. The number of aromatic nitrogens is 1. The van der Waals surface area contributed by atoms with Gasteiger partial charge in [-0.1, -0.05) is 11.6 Å². The third-order valence-electron chi connectivity index (χ3n) is 4.22. The standard InChI is InChI=1S/C18H20ClN3O2.2ClH/c19-16-11-13(18(23)22-10-2-1-3-14(22)12-20)4-5-17(16)24-15-6-8-21-9-7-15;;/h4-9,11,14H,1-3,10,12,20H2;2*1H. The maximum atomic E-state index is 12.8. The van der Waals surface area contributed by atoms with E-state index in [0.29, 0.717) is 28.6 Å². The summed E-state index contributed by atoms with van der Waals surface area (Å²) < 4.78 is 5.71. The van der Waals surface area contributed by atoms with Gasteiger partial charge in [-0.15, -0.1) is 24.8 Å². The Morgan fingerprint density at radius 3 is 2.62 bits per heavy atom. The van der Waals surface area contributed by atoms with Crippen molar-refractivity contribution in [3.05, 3.63) is 53.3 Å². The Kier molecular flexibility index (Phi) is 9.16. The molecule has 2 N–H and O–H groups in total. The fourth-order valence-electron chi connectivity index (χ4n) is 2.93. The number of piperidine rings is 1. The molecule has 1 aromatic carbocycles. The van der Waals surface area contributed by atoms with Gasteiger partial charge in [0.2, 0.25) is 0 Å². The van der Waals surface area contributed by atoms with Crippen LogP contribution >= 0.6 is 36.4 Å². The molecule has 0 spiro atoms. The van der Waals surface area contributed by atoms with Gasteiger partial charge in [0.25, 0.3) is 5.91 Å². The van der Waals surface area contributed by atoms with Crippen LogP contribution in [0.2, 0.25) is 5.02 Å². The van der Waals surface area contributed by atoms with E-state index in [1.165, 1.54) is 0 Å². The van der Waals surface area contributed by atoms with Crippen molar-refractivity contribution in [1.29, 1.82) is 0 Å². The van der Waals surface area contributed by atoms with Crippen LogP contribution in [0.3, 0.4) is 0 Å². The minimum absolute atomic E-state index is 0. The van der Waals surface area contributed by atoms with Crippen LogP contribution < -0.4 is 10.5 Å². The van der Waals surface area contributed by atoms with Gasteiger partial charge in [0.15, 0.2) is 0 Å². The molecule has 142 valence electrons. The number of hydrogen-bond donors (Lipinski definition) is 1. The average molecular weight is 419 g/mol. The van der Waals surface area contributed by atoms with Gasteiger partial charge in [-0.3, -0.25) is 9.78 Å². The number of nitrogens with two attached hydrogens (primary N) is 1. The Morgan fingerprint density at radius 1 is 1.23 bits per heavy atom. The summed E-state index contributed by atoms with van der Waals surface area (Å²) >= 11 is 6.30. The number of nitrogens with zero attached hydrogens (tertiary/aromatic N) is 2. The second-order valence-electron chi connectivity index (χ2n) is 5.81. The van der Waals surface area contributed by atoms with E-state index >= 15 is 0 Å². The molecule has 1 aromatic heterocycles. The van der Waals surface area contributed by atoms with Crippen molar-refractivity contribution in [1.82, 2.24) is 9.88 Å². The van der Waals surface area contributed by atoms with Gasteiger partial charge in [0.1, 0.15) is 11.5 Å². The van der Waals surface area contributed by atoms with E-state index in [1.807, 2.05) is 4.90 Å². The second kappa shape index (κ2) is 10.6. The van der Waals surface area contributed by atoms with Crippen LogP contribution in [-0.4, -0.2) is 34.9 Å². The minimum Gasteiger partial charge on any atom is -0.456 e. The van der Waals surface area contributed by atoms with Crippen LogP contribution in [0.1, 0.15) is 29.6 Å². The predicted molar refractivity (Wildman–Crippen MR) is 108 cm³/mol. The molecule has 3 rings (SSSR count). The number of hydrogen-bond acceptors (Lipinski definition) is 4. The number of rotatable bonds is 4. The Labute approximate surface area is 170 Å². The average Bonchev–Trinajstić information content (AvgIpc) is 2.63. The first-order valence-electron chi connectivity index (χ1n) is 8.07. The summed E-state index contributed by atoms with van der Waals surface area (Å²) in [4.78, 5) is 18.6. The van der Waals surface area contributed by atoms with Crippen LogP contribution in [0.15, 0.2) is 42.7 Å². The first kappa shape index (κ1) is 22.5. The highest BCUT2D eigenvalue weighted by Crippen LogP contribution is 2.30. The molecule has 0 bridgehead atoms. The Bertz CT molecular complexity index is 716. The van der Waals surface area contributed by atoms with E-state index in [-0.39, 0.29) is 36.8 Å². The van der Waals surface area contributed by atoms with Crippen molar-refractivity contribution in [2.75, 3.05) is 13.1 Å². The van der Waals surface area contributed by atoms with Crippen molar-refractivity contribution in [2.45, 2.75) is 25.3 Å². The molecule has 5 nitrogen and oxygen atoms in total. The van der Waals surface area contributed by atoms with E-state index < -0.39 is 0 Å². The normalized spacial score (nSPS) is 16.2. The topological polar surface area (TPSA) is 68.5 Å². The first-order valence-corrected chi connectivity index (χ1v) is 8.45. The fraction of sp³-hybridized carbons (Fsp3) is 0.333. The molecule has 2 heterocycles. The Hall–Kier alpha value is -1.53. The Balaban J connectivity index is 0.00000169. The van der Waals surface area contributed by atoms with Gasteiger partial charge in [-0.2, -0.15) is 0 Å². The SMILES string of the molecule is Cl.Cl.NCC1CCCCN1C(=O)c1ccc(Oc2ccncc2)c(Cl)c1. The van der Waals surface area contributed by atoms with Crippen LogP contribution in [0.25, 0.3) is 0 Å².